The van der Waals surface area contributed by atoms with E-state index in [9.17, 15) is 4.79 Å². The van der Waals surface area contributed by atoms with Crippen molar-refractivity contribution in [3.05, 3.63) is 36.0 Å². The summed E-state index contributed by atoms with van der Waals surface area (Å²) in [5, 5.41) is 4.25. The van der Waals surface area contributed by atoms with Gasteiger partial charge in [-0.1, -0.05) is 38.0 Å². The summed E-state index contributed by atoms with van der Waals surface area (Å²) >= 11 is 0. The van der Waals surface area contributed by atoms with E-state index >= 15 is 0 Å². The minimum absolute atomic E-state index is 0.0107. The van der Waals surface area contributed by atoms with E-state index < -0.39 is 0 Å². The van der Waals surface area contributed by atoms with E-state index in [1.807, 2.05) is 30.3 Å². The molecule has 1 amide bonds. The number of amides is 1. The van der Waals surface area contributed by atoms with Crippen molar-refractivity contribution in [2.75, 3.05) is 19.6 Å². The number of carbonyl (C=O) groups is 1. The van der Waals surface area contributed by atoms with E-state index in [-0.39, 0.29) is 11.9 Å². The molecule has 4 heteroatoms. The van der Waals surface area contributed by atoms with Crippen LogP contribution in [0.25, 0.3) is 10.9 Å². The largest absolute Gasteiger partial charge is 0.351 e. The van der Waals surface area contributed by atoms with Gasteiger partial charge in [0.25, 0.3) is 5.91 Å². The molecule has 0 saturated carbocycles. The van der Waals surface area contributed by atoms with E-state index in [1.54, 1.807) is 0 Å². The summed E-state index contributed by atoms with van der Waals surface area (Å²) in [6.07, 6.45) is 4.87. The van der Waals surface area contributed by atoms with Crippen molar-refractivity contribution < 1.29 is 4.79 Å². The van der Waals surface area contributed by atoms with Crippen LogP contribution in [-0.4, -0.2) is 41.5 Å². The normalized spacial score (nSPS) is 18.9. The molecule has 1 atom stereocenters. The highest BCUT2D eigenvalue weighted by Gasteiger charge is 2.24. The number of unbranched alkanes of at least 4 members (excludes halogenated alkanes) is 2. The molecule has 118 valence electrons. The molecule has 1 aromatic carbocycles. The van der Waals surface area contributed by atoms with E-state index in [0.717, 1.165) is 37.0 Å². The summed E-state index contributed by atoms with van der Waals surface area (Å²) in [6.45, 7) is 5.47. The third-order valence-electron chi connectivity index (χ3n) is 4.46. The summed E-state index contributed by atoms with van der Waals surface area (Å²) in [5.74, 6) is 0.0107. The van der Waals surface area contributed by atoms with Gasteiger partial charge in [-0.3, -0.25) is 4.79 Å². The second-order valence-electron chi connectivity index (χ2n) is 6.24. The van der Waals surface area contributed by atoms with Crippen LogP contribution in [0.15, 0.2) is 30.3 Å². The zero-order valence-corrected chi connectivity index (χ0v) is 13.3. The summed E-state index contributed by atoms with van der Waals surface area (Å²) < 4.78 is 0. The minimum Gasteiger partial charge on any atom is -0.351 e. The highest BCUT2D eigenvalue weighted by Crippen LogP contribution is 2.16. The number of aromatic nitrogens is 1. The molecule has 0 radical (unpaired) electrons. The molecule has 1 aliphatic heterocycles. The van der Waals surface area contributed by atoms with Crippen LogP contribution in [0.1, 0.15) is 43.1 Å². The predicted octanol–water partition coefficient (Wildman–Crippen LogP) is 3.16. The van der Waals surface area contributed by atoms with Gasteiger partial charge in [-0.25, -0.2) is 0 Å². The van der Waals surface area contributed by atoms with Crippen molar-refractivity contribution in [2.24, 2.45) is 0 Å². The van der Waals surface area contributed by atoms with Crippen molar-refractivity contribution in [1.82, 2.24) is 15.2 Å². The van der Waals surface area contributed by atoms with Crippen molar-refractivity contribution in [3.63, 3.8) is 0 Å². The average Bonchev–Trinajstić information content (AvgIpc) is 3.14. The third-order valence-corrected chi connectivity index (χ3v) is 4.46. The Morgan fingerprint density at radius 3 is 3.05 bits per heavy atom. The van der Waals surface area contributed by atoms with Crippen LogP contribution in [0, 0.1) is 0 Å². The lowest BCUT2D eigenvalue weighted by Crippen LogP contribution is -2.37. The molecule has 2 heterocycles. The van der Waals surface area contributed by atoms with Gasteiger partial charge in [0.05, 0.1) is 0 Å². The molecule has 2 aromatic rings. The zero-order valence-electron chi connectivity index (χ0n) is 13.3. The summed E-state index contributed by atoms with van der Waals surface area (Å²) in [7, 11) is 0. The Kier molecular flexibility index (Phi) is 4.78. The SMILES string of the molecule is CCCCCN1CC[C@H](NC(=O)c2cc3ccccc3[nH]2)C1. The number of hydrogen-bond acceptors (Lipinski definition) is 2. The van der Waals surface area contributed by atoms with Gasteiger partial charge in [0, 0.05) is 30.0 Å². The maximum Gasteiger partial charge on any atom is 0.267 e. The fraction of sp³-hybridized carbons (Fsp3) is 0.500. The van der Waals surface area contributed by atoms with Gasteiger partial charge in [0.1, 0.15) is 5.69 Å². The summed E-state index contributed by atoms with van der Waals surface area (Å²) in [4.78, 5) is 18.0. The number of benzene rings is 1. The highest BCUT2D eigenvalue weighted by atomic mass is 16.2. The van der Waals surface area contributed by atoms with Crippen LogP contribution in [-0.2, 0) is 0 Å². The first-order chi connectivity index (χ1) is 10.8. The number of rotatable bonds is 6. The number of fused-ring (bicyclic) bond motifs is 1. The molecule has 4 nitrogen and oxygen atoms in total. The Hall–Kier alpha value is -1.81. The first kappa shape index (κ1) is 15.1. The van der Waals surface area contributed by atoms with Gasteiger partial charge >= 0.3 is 0 Å². The Morgan fingerprint density at radius 1 is 1.36 bits per heavy atom. The van der Waals surface area contributed by atoms with Crippen LogP contribution < -0.4 is 5.32 Å². The summed E-state index contributed by atoms with van der Waals surface area (Å²) in [6, 6.07) is 10.2. The van der Waals surface area contributed by atoms with Gasteiger partial charge in [-0.15, -0.1) is 0 Å². The van der Waals surface area contributed by atoms with Gasteiger partial charge in [-0.2, -0.15) is 0 Å². The quantitative estimate of drug-likeness (QED) is 0.805. The van der Waals surface area contributed by atoms with Crippen LogP contribution >= 0.6 is 0 Å². The predicted molar refractivity (Wildman–Crippen MR) is 90.1 cm³/mol. The number of aromatic amines is 1. The number of nitrogens with one attached hydrogen (secondary N) is 2. The van der Waals surface area contributed by atoms with Crippen LogP contribution in [0.3, 0.4) is 0 Å². The molecular weight excluding hydrogens is 274 g/mol. The smallest absolute Gasteiger partial charge is 0.267 e. The second kappa shape index (κ2) is 6.97. The molecule has 1 saturated heterocycles. The molecule has 3 rings (SSSR count). The molecule has 0 bridgehead atoms. The van der Waals surface area contributed by atoms with E-state index in [0.29, 0.717) is 5.69 Å². The minimum atomic E-state index is 0.0107. The van der Waals surface area contributed by atoms with Crippen molar-refractivity contribution in [3.8, 4) is 0 Å². The summed E-state index contributed by atoms with van der Waals surface area (Å²) in [5.41, 5.74) is 1.67. The van der Waals surface area contributed by atoms with Gasteiger partial charge in [0.15, 0.2) is 0 Å². The molecule has 1 fully saturated rings. The van der Waals surface area contributed by atoms with Gasteiger partial charge in [-0.05, 0) is 31.5 Å². The average molecular weight is 299 g/mol. The number of H-pyrrole nitrogens is 1. The van der Waals surface area contributed by atoms with Crippen LogP contribution in [0.4, 0.5) is 0 Å². The molecule has 0 unspecified atom stereocenters. The molecule has 0 spiro atoms. The standard InChI is InChI=1S/C18H25N3O/c1-2-3-6-10-21-11-9-15(13-21)19-18(22)17-12-14-7-4-5-8-16(14)20-17/h4-5,7-8,12,15,20H,2-3,6,9-11,13H2,1H3,(H,19,22)/t15-/m0/s1. The number of likely N-dealkylation sites (tertiary alicyclic amines) is 1. The lowest BCUT2D eigenvalue weighted by Gasteiger charge is -2.16. The first-order valence-corrected chi connectivity index (χ1v) is 8.37. The van der Waals surface area contributed by atoms with E-state index in [1.165, 1.54) is 19.3 Å². The number of hydrogen-bond donors (Lipinski definition) is 2. The molecule has 22 heavy (non-hydrogen) atoms. The lowest BCUT2D eigenvalue weighted by molar-refractivity contribution is 0.0933. The maximum atomic E-state index is 12.4. The van der Waals surface area contributed by atoms with Crippen LogP contribution in [0.2, 0.25) is 0 Å². The second-order valence-corrected chi connectivity index (χ2v) is 6.24. The fourth-order valence-corrected chi connectivity index (χ4v) is 3.20. The lowest BCUT2D eigenvalue weighted by atomic mass is 10.2. The number of carbonyl (C=O) groups excluding carboxylic acids is 1. The monoisotopic (exact) mass is 299 g/mol. The Morgan fingerprint density at radius 2 is 2.23 bits per heavy atom. The third kappa shape index (κ3) is 3.50. The first-order valence-electron chi connectivity index (χ1n) is 8.37. The molecule has 2 N–H and O–H groups in total. The topological polar surface area (TPSA) is 48.1 Å². The van der Waals surface area contributed by atoms with Crippen molar-refractivity contribution in [2.45, 2.75) is 38.6 Å². The highest BCUT2D eigenvalue weighted by molar-refractivity contribution is 5.98. The zero-order chi connectivity index (χ0) is 15.4. The Labute approximate surface area is 131 Å². The molecule has 1 aliphatic rings. The fourth-order valence-electron chi connectivity index (χ4n) is 3.20. The Balaban J connectivity index is 1.54. The molecule has 0 aliphatic carbocycles. The molecule has 1 aromatic heterocycles. The number of para-hydroxylation sites is 1. The van der Waals surface area contributed by atoms with E-state index in [4.69, 9.17) is 0 Å². The molecular formula is C18H25N3O. The van der Waals surface area contributed by atoms with Gasteiger partial charge in [0.2, 0.25) is 0 Å². The number of nitrogens with zero attached hydrogens (tertiary/aromatic N) is 1. The van der Waals surface area contributed by atoms with Crippen molar-refractivity contribution in [1.29, 1.82) is 0 Å². The van der Waals surface area contributed by atoms with Crippen LogP contribution in [0.5, 0.6) is 0 Å². The maximum absolute atomic E-state index is 12.4. The van der Waals surface area contributed by atoms with E-state index in [2.05, 4.69) is 22.1 Å². The van der Waals surface area contributed by atoms with Gasteiger partial charge < -0.3 is 15.2 Å². The Bertz CT molecular complexity index is 601. The van der Waals surface area contributed by atoms with Crippen molar-refractivity contribution >= 4 is 16.8 Å².